The SMILES string of the molecule is CCn1c(CO)cc2cc(C)ccc21. The van der Waals surface area contributed by atoms with E-state index in [4.69, 9.17) is 0 Å². The molecule has 0 aliphatic rings. The third-order valence-electron chi connectivity index (χ3n) is 2.62. The summed E-state index contributed by atoms with van der Waals surface area (Å²) in [6, 6.07) is 8.44. The molecule has 2 nitrogen and oxygen atoms in total. The number of fused-ring (bicyclic) bond motifs is 1. The fourth-order valence-corrected chi connectivity index (χ4v) is 1.95. The molecule has 0 amide bonds. The van der Waals surface area contributed by atoms with E-state index in [9.17, 15) is 5.11 Å². The van der Waals surface area contributed by atoms with Gasteiger partial charge >= 0.3 is 0 Å². The van der Waals surface area contributed by atoms with Gasteiger partial charge in [0.2, 0.25) is 0 Å². The molecule has 2 aromatic rings. The molecule has 0 aliphatic carbocycles. The standard InChI is InChI=1S/C12H15NO/c1-3-13-11(8-14)7-10-6-9(2)4-5-12(10)13/h4-7,14H,3,8H2,1-2H3. The topological polar surface area (TPSA) is 25.2 Å². The van der Waals surface area contributed by atoms with Gasteiger partial charge in [0.1, 0.15) is 0 Å². The maximum atomic E-state index is 9.20. The van der Waals surface area contributed by atoms with Crippen LogP contribution in [0.5, 0.6) is 0 Å². The third-order valence-corrected chi connectivity index (χ3v) is 2.62. The van der Waals surface area contributed by atoms with E-state index in [1.54, 1.807) is 0 Å². The minimum atomic E-state index is 0.113. The molecule has 1 aromatic heterocycles. The van der Waals surface area contributed by atoms with Crippen molar-refractivity contribution in [3.63, 3.8) is 0 Å². The van der Waals surface area contributed by atoms with Gasteiger partial charge in [-0.2, -0.15) is 0 Å². The van der Waals surface area contributed by atoms with Crippen molar-refractivity contribution >= 4 is 10.9 Å². The molecule has 0 fully saturated rings. The average Bonchev–Trinajstić information content (AvgIpc) is 2.54. The fraction of sp³-hybridized carbons (Fsp3) is 0.333. The zero-order valence-electron chi connectivity index (χ0n) is 8.62. The first-order valence-electron chi connectivity index (χ1n) is 4.96. The van der Waals surface area contributed by atoms with E-state index in [1.807, 2.05) is 0 Å². The van der Waals surface area contributed by atoms with Crippen LogP contribution in [-0.2, 0) is 13.2 Å². The summed E-state index contributed by atoms with van der Waals surface area (Å²) in [6.07, 6.45) is 0. The van der Waals surface area contributed by atoms with Gasteiger partial charge in [0.05, 0.1) is 6.61 Å². The van der Waals surface area contributed by atoms with Crippen LogP contribution < -0.4 is 0 Å². The van der Waals surface area contributed by atoms with E-state index in [0.29, 0.717) is 0 Å². The molecule has 74 valence electrons. The lowest BCUT2D eigenvalue weighted by molar-refractivity contribution is 0.272. The van der Waals surface area contributed by atoms with Gasteiger partial charge in [-0.25, -0.2) is 0 Å². The quantitative estimate of drug-likeness (QED) is 0.771. The Morgan fingerprint density at radius 3 is 2.71 bits per heavy atom. The molecule has 0 atom stereocenters. The Labute approximate surface area is 83.8 Å². The molecule has 0 spiro atoms. The van der Waals surface area contributed by atoms with Crippen LogP contribution in [0.4, 0.5) is 0 Å². The van der Waals surface area contributed by atoms with Crippen molar-refractivity contribution in [1.82, 2.24) is 4.57 Å². The highest BCUT2D eigenvalue weighted by Crippen LogP contribution is 2.21. The number of hydrogen-bond acceptors (Lipinski definition) is 1. The van der Waals surface area contributed by atoms with Gasteiger partial charge in [0.15, 0.2) is 0 Å². The second-order valence-electron chi connectivity index (χ2n) is 3.60. The average molecular weight is 189 g/mol. The highest BCUT2D eigenvalue weighted by Gasteiger charge is 2.05. The van der Waals surface area contributed by atoms with Gasteiger partial charge in [-0.15, -0.1) is 0 Å². The molecule has 1 aromatic carbocycles. The summed E-state index contributed by atoms with van der Waals surface area (Å²) in [5.41, 5.74) is 3.46. The van der Waals surface area contributed by atoms with E-state index in [0.717, 1.165) is 12.2 Å². The normalized spacial score (nSPS) is 11.1. The lowest BCUT2D eigenvalue weighted by Crippen LogP contribution is -1.99. The smallest absolute Gasteiger partial charge is 0.0833 e. The summed E-state index contributed by atoms with van der Waals surface area (Å²) < 4.78 is 2.15. The van der Waals surface area contributed by atoms with Crippen molar-refractivity contribution in [3.8, 4) is 0 Å². The van der Waals surface area contributed by atoms with E-state index in [-0.39, 0.29) is 6.61 Å². The third kappa shape index (κ3) is 1.32. The van der Waals surface area contributed by atoms with Crippen LogP contribution in [-0.4, -0.2) is 9.67 Å². The van der Waals surface area contributed by atoms with E-state index >= 15 is 0 Å². The Hall–Kier alpha value is -1.28. The number of aliphatic hydroxyl groups is 1. The number of hydrogen-bond donors (Lipinski definition) is 1. The Kier molecular flexibility index (Phi) is 2.30. The predicted octanol–water partition coefficient (Wildman–Crippen LogP) is 2.46. The summed E-state index contributed by atoms with van der Waals surface area (Å²) in [5.74, 6) is 0. The molecular formula is C12H15NO. The molecule has 1 N–H and O–H groups in total. The van der Waals surface area contributed by atoms with Crippen molar-refractivity contribution < 1.29 is 5.11 Å². The summed E-state index contributed by atoms with van der Waals surface area (Å²) in [7, 11) is 0. The van der Waals surface area contributed by atoms with E-state index in [1.165, 1.54) is 16.5 Å². The van der Waals surface area contributed by atoms with Crippen LogP contribution in [0.15, 0.2) is 24.3 Å². The molecule has 2 heteroatoms. The number of benzene rings is 1. The fourth-order valence-electron chi connectivity index (χ4n) is 1.95. The maximum absolute atomic E-state index is 9.20. The first-order chi connectivity index (χ1) is 6.76. The molecule has 0 radical (unpaired) electrons. The van der Waals surface area contributed by atoms with Gasteiger partial charge in [-0.05, 0) is 32.0 Å². The van der Waals surface area contributed by atoms with Crippen molar-refractivity contribution in [2.24, 2.45) is 0 Å². The number of aromatic nitrogens is 1. The number of aliphatic hydroxyl groups excluding tert-OH is 1. The Bertz CT molecular complexity index is 457. The largest absolute Gasteiger partial charge is 0.390 e. The van der Waals surface area contributed by atoms with Crippen molar-refractivity contribution in [1.29, 1.82) is 0 Å². The number of nitrogens with zero attached hydrogens (tertiary/aromatic N) is 1. The van der Waals surface area contributed by atoms with E-state index < -0.39 is 0 Å². The van der Waals surface area contributed by atoms with E-state index in [2.05, 4.69) is 42.7 Å². The van der Waals surface area contributed by atoms with Crippen LogP contribution in [0.25, 0.3) is 10.9 Å². The molecule has 2 rings (SSSR count). The molecule has 0 aliphatic heterocycles. The molecule has 0 saturated carbocycles. The van der Waals surface area contributed by atoms with Crippen molar-refractivity contribution in [2.45, 2.75) is 27.0 Å². The zero-order chi connectivity index (χ0) is 10.1. The monoisotopic (exact) mass is 189 g/mol. The van der Waals surface area contributed by atoms with Crippen LogP contribution in [0, 0.1) is 6.92 Å². The van der Waals surface area contributed by atoms with Crippen LogP contribution >= 0.6 is 0 Å². The van der Waals surface area contributed by atoms with Crippen LogP contribution in [0.2, 0.25) is 0 Å². The number of rotatable bonds is 2. The lowest BCUT2D eigenvalue weighted by Gasteiger charge is -2.04. The van der Waals surface area contributed by atoms with Crippen LogP contribution in [0.1, 0.15) is 18.2 Å². The summed E-state index contributed by atoms with van der Waals surface area (Å²) in [4.78, 5) is 0. The molecule has 0 saturated heterocycles. The number of aryl methyl sites for hydroxylation is 2. The minimum Gasteiger partial charge on any atom is -0.390 e. The second-order valence-corrected chi connectivity index (χ2v) is 3.60. The van der Waals surface area contributed by atoms with Gasteiger partial charge < -0.3 is 9.67 Å². The van der Waals surface area contributed by atoms with Gasteiger partial charge in [-0.1, -0.05) is 11.6 Å². The molecule has 0 bridgehead atoms. The lowest BCUT2D eigenvalue weighted by atomic mass is 10.2. The maximum Gasteiger partial charge on any atom is 0.0833 e. The minimum absolute atomic E-state index is 0.113. The Morgan fingerprint density at radius 2 is 2.07 bits per heavy atom. The summed E-state index contributed by atoms with van der Waals surface area (Å²) in [6.45, 7) is 5.20. The highest BCUT2D eigenvalue weighted by molar-refractivity contribution is 5.82. The zero-order valence-corrected chi connectivity index (χ0v) is 8.62. The van der Waals surface area contributed by atoms with Gasteiger partial charge in [-0.3, -0.25) is 0 Å². The molecule has 14 heavy (non-hydrogen) atoms. The predicted molar refractivity (Wildman–Crippen MR) is 58.3 cm³/mol. The molecule has 1 heterocycles. The molecular weight excluding hydrogens is 174 g/mol. The first-order valence-corrected chi connectivity index (χ1v) is 4.96. The van der Waals surface area contributed by atoms with Crippen LogP contribution in [0.3, 0.4) is 0 Å². The van der Waals surface area contributed by atoms with Gasteiger partial charge in [0.25, 0.3) is 0 Å². The Morgan fingerprint density at radius 1 is 1.29 bits per heavy atom. The van der Waals surface area contributed by atoms with Crippen molar-refractivity contribution in [3.05, 3.63) is 35.5 Å². The Balaban J connectivity index is 2.73. The van der Waals surface area contributed by atoms with Crippen molar-refractivity contribution in [2.75, 3.05) is 0 Å². The summed E-state index contributed by atoms with van der Waals surface area (Å²) in [5, 5.41) is 10.4. The second kappa shape index (κ2) is 3.46. The highest BCUT2D eigenvalue weighted by atomic mass is 16.3. The summed E-state index contributed by atoms with van der Waals surface area (Å²) >= 11 is 0. The first kappa shape index (κ1) is 9.28. The molecule has 0 unspecified atom stereocenters. The van der Waals surface area contributed by atoms with Gasteiger partial charge in [0, 0.05) is 23.1 Å².